The number of hydrogen-bond acceptors (Lipinski definition) is 4. The highest BCUT2D eigenvalue weighted by molar-refractivity contribution is 7.89. The molecular formula is C15H19N3O2S. The van der Waals surface area contributed by atoms with Crippen molar-refractivity contribution >= 4 is 15.7 Å². The van der Waals surface area contributed by atoms with Gasteiger partial charge in [0.2, 0.25) is 10.0 Å². The van der Waals surface area contributed by atoms with Crippen LogP contribution in [0.2, 0.25) is 0 Å². The average Bonchev–Trinajstić information content (AvgIpc) is 2.47. The van der Waals surface area contributed by atoms with Crippen molar-refractivity contribution in [2.45, 2.75) is 25.3 Å². The van der Waals surface area contributed by atoms with Crippen LogP contribution < -0.4 is 10.0 Å². The van der Waals surface area contributed by atoms with E-state index in [9.17, 15) is 8.42 Å². The average molecular weight is 305 g/mol. The van der Waals surface area contributed by atoms with Crippen LogP contribution in [0.25, 0.3) is 0 Å². The van der Waals surface area contributed by atoms with Crippen LogP contribution in [0.15, 0.2) is 47.5 Å². The van der Waals surface area contributed by atoms with E-state index in [0.717, 1.165) is 11.3 Å². The molecule has 0 saturated carbocycles. The largest absolute Gasteiger partial charge is 0.378 e. The molecule has 0 saturated heterocycles. The molecule has 1 aromatic heterocycles. The highest BCUT2D eigenvalue weighted by atomic mass is 32.2. The van der Waals surface area contributed by atoms with Gasteiger partial charge in [0.05, 0.1) is 17.9 Å². The highest BCUT2D eigenvalue weighted by Crippen LogP contribution is 2.21. The van der Waals surface area contributed by atoms with E-state index in [1.165, 1.54) is 0 Å². The second-order valence-corrected chi connectivity index (χ2v) is 6.41. The molecule has 0 radical (unpaired) electrons. The number of para-hydroxylation sites is 1. The van der Waals surface area contributed by atoms with E-state index in [0.29, 0.717) is 18.8 Å². The van der Waals surface area contributed by atoms with E-state index in [1.54, 1.807) is 37.4 Å². The van der Waals surface area contributed by atoms with Crippen LogP contribution in [-0.4, -0.2) is 19.9 Å². The van der Waals surface area contributed by atoms with E-state index in [4.69, 9.17) is 0 Å². The molecule has 0 aliphatic rings. The van der Waals surface area contributed by atoms with Gasteiger partial charge < -0.3 is 5.32 Å². The van der Waals surface area contributed by atoms with Gasteiger partial charge in [-0.2, -0.15) is 0 Å². The van der Waals surface area contributed by atoms with Crippen LogP contribution in [-0.2, 0) is 16.6 Å². The van der Waals surface area contributed by atoms with Crippen molar-refractivity contribution in [1.29, 1.82) is 0 Å². The third kappa shape index (κ3) is 4.03. The van der Waals surface area contributed by atoms with E-state index >= 15 is 0 Å². The third-order valence-electron chi connectivity index (χ3n) is 2.94. The maximum absolute atomic E-state index is 12.1. The molecule has 1 aromatic carbocycles. The maximum Gasteiger partial charge on any atom is 0.242 e. The Hall–Kier alpha value is -1.92. The van der Waals surface area contributed by atoms with Gasteiger partial charge in [-0.15, -0.1) is 0 Å². The van der Waals surface area contributed by atoms with Crippen LogP contribution in [0.1, 0.15) is 18.2 Å². The first-order chi connectivity index (χ1) is 10.0. The van der Waals surface area contributed by atoms with Gasteiger partial charge >= 0.3 is 0 Å². The molecule has 2 rings (SSSR count). The number of aryl methyl sites for hydroxylation is 1. The molecule has 6 heteroatoms. The molecule has 2 aromatic rings. The van der Waals surface area contributed by atoms with Crippen molar-refractivity contribution < 1.29 is 8.42 Å². The molecule has 0 amide bonds. The summed E-state index contributed by atoms with van der Waals surface area (Å²) in [6.45, 7) is 4.56. The highest BCUT2D eigenvalue weighted by Gasteiger charge is 2.16. The Kier molecular flexibility index (Phi) is 4.93. The summed E-state index contributed by atoms with van der Waals surface area (Å²) in [5.74, 6) is 0. The van der Waals surface area contributed by atoms with E-state index < -0.39 is 10.0 Å². The number of hydrogen-bond donors (Lipinski definition) is 2. The first-order valence-corrected chi connectivity index (χ1v) is 8.25. The predicted molar refractivity (Wildman–Crippen MR) is 83.6 cm³/mol. The first-order valence-electron chi connectivity index (χ1n) is 6.77. The number of pyridine rings is 1. The summed E-state index contributed by atoms with van der Waals surface area (Å²) in [6, 6.07) is 10.7. The van der Waals surface area contributed by atoms with Gasteiger partial charge in [-0.3, -0.25) is 4.98 Å². The van der Waals surface area contributed by atoms with Gasteiger partial charge in [0.1, 0.15) is 4.90 Å². The number of rotatable bonds is 6. The molecule has 0 aliphatic heterocycles. The van der Waals surface area contributed by atoms with E-state index in [-0.39, 0.29) is 4.90 Å². The minimum Gasteiger partial charge on any atom is -0.378 e. The Bertz CT molecular complexity index is 697. The second kappa shape index (κ2) is 6.69. The lowest BCUT2D eigenvalue weighted by molar-refractivity contribution is 0.584. The summed E-state index contributed by atoms with van der Waals surface area (Å²) >= 11 is 0. The van der Waals surface area contributed by atoms with Gasteiger partial charge in [0.25, 0.3) is 0 Å². The zero-order valence-electron chi connectivity index (χ0n) is 12.1. The molecule has 0 unspecified atom stereocenters. The molecule has 0 atom stereocenters. The normalized spacial score (nSPS) is 11.3. The van der Waals surface area contributed by atoms with Gasteiger partial charge in [0, 0.05) is 12.7 Å². The van der Waals surface area contributed by atoms with Crippen LogP contribution in [0, 0.1) is 6.92 Å². The number of nitrogens with zero attached hydrogens (tertiary/aromatic N) is 1. The zero-order chi connectivity index (χ0) is 15.3. The summed E-state index contributed by atoms with van der Waals surface area (Å²) in [6.07, 6.45) is 1.79. The van der Waals surface area contributed by atoms with E-state index in [1.807, 2.05) is 19.1 Å². The Labute approximate surface area is 125 Å². The van der Waals surface area contributed by atoms with Crippen molar-refractivity contribution in [3.63, 3.8) is 0 Å². The summed E-state index contributed by atoms with van der Waals surface area (Å²) in [5.41, 5.74) is 2.52. The number of aromatic nitrogens is 1. The molecule has 2 N–H and O–H groups in total. The minimum atomic E-state index is -3.49. The monoisotopic (exact) mass is 305 g/mol. The first kappa shape index (κ1) is 15.5. The molecule has 112 valence electrons. The van der Waals surface area contributed by atoms with Gasteiger partial charge in [-0.25, -0.2) is 13.1 Å². The molecule has 0 fully saturated rings. The topological polar surface area (TPSA) is 71.1 Å². The number of nitrogens with one attached hydrogen (secondary N) is 2. The summed E-state index contributed by atoms with van der Waals surface area (Å²) in [5, 5.41) is 3.13. The van der Waals surface area contributed by atoms with Crippen LogP contribution >= 0.6 is 0 Å². The molecule has 5 nitrogen and oxygen atoms in total. The molecule has 0 aliphatic carbocycles. The molecule has 0 bridgehead atoms. The SMILES string of the molecule is CCNS(=O)(=O)c1ccccc1NCc1ccc(C)cn1. The number of sulfonamides is 1. The standard InChI is InChI=1S/C15H19N3O2S/c1-3-18-21(19,20)15-7-5-4-6-14(15)17-11-13-9-8-12(2)10-16-13/h4-10,17-18H,3,11H2,1-2H3. The van der Waals surface area contributed by atoms with Crippen molar-refractivity contribution in [3.05, 3.63) is 53.9 Å². The molecule has 21 heavy (non-hydrogen) atoms. The van der Waals surface area contributed by atoms with Crippen molar-refractivity contribution in [3.8, 4) is 0 Å². The van der Waals surface area contributed by atoms with Crippen LogP contribution in [0.4, 0.5) is 5.69 Å². The fourth-order valence-corrected chi connectivity index (χ4v) is 3.13. The van der Waals surface area contributed by atoms with Gasteiger partial charge in [-0.05, 0) is 30.7 Å². The zero-order valence-corrected chi connectivity index (χ0v) is 12.9. The maximum atomic E-state index is 12.1. The van der Waals surface area contributed by atoms with Crippen LogP contribution in [0.3, 0.4) is 0 Å². The summed E-state index contributed by atoms with van der Waals surface area (Å²) in [4.78, 5) is 4.54. The van der Waals surface area contributed by atoms with Gasteiger partial charge in [-0.1, -0.05) is 25.1 Å². The third-order valence-corrected chi connectivity index (χ3v) is 4.55. The lowest BCUT2D eigenvalue weighted by Gasteiger charge is -2.12. The predicted octanol–water partition coefficient (Wildman–Crippen LogP) is 2.30. The lowest BCUT2D eigenvalue weighted by Crippen LogP contribution is -2.24. The molecule has 0 spiro atoms. The quantitative estimate of drug-likeness (QED) is 0.859. The van der Waals surface area contributed by atoms with Crippen molar-refractivity contribution in [2.24, 2.45) is 0 Å². The van der Waals surface area contributed by atoms with Gasteiger partial charge in [0.15, 0.2) is 0 Å². The summed E-state index contributed by atoms with van der Waals surface area (Å²) < 4.78 is 26.8. The minimum absolute atomic E-state index is 0.249. The Morgan fingerprint density at radius 1 is 1.14 bits per heavy atom. The fourth-order valence-electron chi connectivity index (χ4n) is 1.90. The fraction of sp³-hybridized carbons (Fsp3) is 0.267. The molecular weight excluding hydrogens is 286 g/mol. The smallest absolute Gasteiger partial charge is 0.242 e. The van der Waals surface area contributed by atoms with Crippen LogP contribution in [0.5, 0.6) is 0 Å². The van der Waals surface area contributed by atoms with Crippen molar-refractivity contribution in [1.82, 2.24) is 9.71 Å². The second-order valence-electron chi connectivity index (χ2n) is 4.68. The Morgan fingerprint density at radius 3 is 2.57 bits per heavy atom. The summed E-state index contributed by atoms with van der Waals surface area (Å²) in [7, 11) is -3.49. The number of benzene rings is 1. The van der Waals surface area contributed by atoms with Crippen molar-refractivity contribution in [2.75, 3.05) is 11.9 Å². The number of anilines is 1. The van der Waals surface area contributed by atoms with E-state index in [2.05, 4.69) is 15.0 Å². The Morgan fingerprint density at radius 2 is 1.90 bits per heavy atom. The Balaban J connectivity index is 2.19. The molecule has 1 heterocycles. The lowest BCUT2D eigenvalue weighted by atomic mass is 10.2.